The van der Waals surface area contributed by atoms with E-state index in [1.54, 1.807) is 0 Å². The summed E-state index contributed by atoms with van der Waals surface area (Å²) in [5.74, 6) is 0. The molecule has 0 saturated heterocycles. The molecule has 0 unspecified atom stereocenters. The van der Waals surface area contributed by atoms with Crippen LogP contribution in [0.5, 0.6) is 0 Å². The minimum atomic E-state index is 1.06. The predicted molar refractivity (Wildman–Crippen MR) is 236 cm³/mol. The summed E-state index contributed by atoms with van der Waals surface area (Å²) >= 11 is 0. The number of fused-ring (bicyclic) bond motifs is 9. The third kappa shape index (κ3) is 4.35. The van der Waals surface area contributed by atoms with Gasteiger partial charge in [0.2, 0.25) is 0 Å². The van der Waals surface area contributed by atoms with Gasteiger partial charge in [-0.05, 0) is 78.2 Å². The minimum Gasteiger partial charge on any atom is -0.308 e. The second-order valence-corrected chi connectivity index (χ2v) is 14.6. The van der Waals surface area contributed by atoms with Crippen LogP contribution in [0.1, 0.15) is 0 Å². The fourth-order valence-electron chi connectivity index (χ4n) is 9.25. The van der Waals surface area contributed by atoms with Crippen LogP contribution in [0, 0.1) is 0 Å². The van der Waals surface area contributed by atoms with Gasteiger partial charge < -0.3 is 18.6 Å². The van der Waals surface area contributed by atoms with Crippen molar-refractivity contribution in [2.24, 2.45) is 0 Å². The van der Waals surface area contributed by atoms with Crippen LogP contribution in [0.3, 0.4) is 0 Å². The monoisotopic (exact) mass is 714 g/mol. The summed E-state index contributed by atoms with van der Waals surface area (Å²) in [6.07, 6.45) is 0. The van der Waals surface area contributed by atoms with E-state index in [4.69, 9.17) is 0 Å². The molecule has 9 aromatic carbocycles. The molecule has 0 aliphatic rings. The van der Waals surface area contributed by atoms with E-state index in [2.05, 4.69) is 225 Å². The molecule has 12 aromatic rings. The summed E-state index contributed by atoms with van der Waals surface area (Å²) in [6.45, 7) is 0. The van der Waals surface area contributed by atoms with Crippen molar-refractivity contribution in [3.05, 3.63) is 206 Å². The third-order valence-electron chi connectivity index (χ3n) is 11.5. The summed E-state index contributed by atoms with van der Waals surface area (Å²) in [5, 5.41) is 7.53. The molecule has 0 amide bonds. The smallest absolute Gasteiger partial charge is 0.0725 e. The molecule has 12 rings (SSSR count). The van der Waals surface area contributed by atoms with Crippen molar-refractivity contribution in [2.45, 2.75) is 0 Å². The van der Waals surface area contributed by atoms with Gasteiger partial charge in [0.05, 0.1) is 44.5 Å². The Bertz CT molecular complexity index is 3100. The number of hydrogen-bond donors (Lipinski definition) is 0. The Labute approximate surface area is 323 Å². The van der Waals surface area contributed by atoms with Gasteiger partial charge in [0.15, 0.2) is 0 Å². The fraction of sp³-hybridized carbons (Fsp3) is 0. The Balaban J connectivity index is 1.38. The molecule has 0 bridgehead atoms. The maximum absolute atomic E-state index is 2.54. The van der Waals surface area contributed by atoms with E-state index in [1.165, 1.54) is 54.4 Å². The maximum Gasteiger partial charge on any atom is 0.0725 e. The van der Waals surface area contributed by atoms with Crippen molar-refractivity contribution in [2.75, 3.05) is 9.80 Å². The van der Waals surface area contributed by atoms with Crippen molar-refractivity contribution in [1.82, 2.24) is 8.80 Å². The number of aromatic nitrogens is 2. The van der Waals surface area contributed by atoms with E-state index in [1.807, 2.05) is 0 Å². The summed E-state index contributed by atoms with van der Waals surface area (Å²) in [5.41, 5.74) is 13.6. The zero-order chi connectivity index (χ0) is 36.7. The molecule has 0 aliphatic heterocycles. The molecule has 0 spiro atoms. The van der Waals surface area contributed by atoms with Gasteiger partial charge in [-0.1, -0.05) is 133 Å². The number of hydrogen-bond acceptors (Lipinski definition) is 2. The van der Waals surface area contributed by atoms with E-state index >= 15 is 0 Å². The van der Waals surface area contributed by atoms with Crippen LogP contribution in [0.2, 0.25) is 0 Å². The lowest BCUT2D eigenvalue weighted by Crippen LogP contribution is -2.17. The number of anilines is 6. The van der Waals surface area contributed by atoms with Crippen molar-refractivity contribution in [3.63, 3.8) is 0 Å². The highest BCUT2D eigenvalue weighted by atomic mass is 15.2. The van der Waals surface area contributed by atoms with E-state index in [9.17, 15) is 0 Å². The van der Waals surface area contributed by atoms with Crippen LogP contribution in [0.25, 0.3) is 65.4 Å². The lowest BCUT2D eigenvalue weighted by molar-refractivity contribution is 1.22. The Morgan fingerprint density at radius 3 is 1.00 bits per heavy atom. The molecule has 3 heterocycles. The summed E-state index contributed by atoms with van der Waals surface area (Å²) in [7, 11) is 0. The molecule has 4 nitrogen and oxygen atoms in total. The van der Waals surface area contributed by atoms with Gasteiger partial charge in [-0.25, -0.2) is 0 Å². The van der Waals surface area contributed by atoms with Gasteiger partial charge in [0, 0.05) is 49.7 Å². The molecule has 262 valence electrons. The van der Waals surface area contributed by atoms with Gasteiger partial charge in [-0.2, -0.15) is 0 Å². The quantitative estimate of drug-likeness (QED) is 0.170. The van der Waals surface area contributed by atoms with Crippen LogP contribution in [-0.2, 0) is 0 Å². The SMILES string of the molecule is c1ccc(N(c2ccccc2)c2cc3c(cc2N(c2ccccc2)c2ccccc2)n2c4ccccc4c4ccc5ccc6c7ccccc7n3c6c5c42)cc1. The molecule has 0 saturated carbocycles. The third-order valence-corrected chi connectivity index (χ3v) is 11.5. The Morgan fingerprint density at radius 1 is 0.286 bits per heavy atom. The molecule has 0 fully saturated rings. The van der Waals surface area contributed by atoms with Gasteiger partial charge in [-0.15, -0.1) is 0 Å². The molecule has 0 N–H and O–H groups in total. The topological polar surface area (TPSA) is 15.3 Å². The van der Waals surface area contributed by atoms with Crippen LogP contribution in [-0.4, -0.2) is 8.80 Å². The maximum atomic E-state index is 2.54. The average Bonchev–Trinajstić information content (AvgIpc) is 3.74. The van der Waals surface area contributed by atoms with Crippen LogP contribution in [0.4, 0.5) is 34.1 Å². The first-order valence-corrected chi connectivity index (χ1v) is 19.2. The highest BCUT2D eigenvalue weighted by Gasteiger charge is 2.27. The van der Waals surface area contributed by atoms with Crippen molar-refractivity contribution >= 4 is 99.5 Å². The van der Waals surface area contributed by atoms with E-state index in [0.29, 0.717) is 0 Å². The van der Waals surface area contributed by atoms with Gasteiger partial charge >= 0.3 is 0 Å². The second-order valence-electron chi connectivity index (χ2n) is 14.6. The minimum absolute atomic E-state index is 1.06. The van der Waals surface area contributed by atoms with E-state index in [0.717, 1.165) is 45.2 Å². The molecule has 0 radical (unpaired) electrons. The van der Waals surface area contributed by atoms with E-state index in [-0.39, 0.29) is 0 Å². The second kappa shape index (κ2) is 12.0. The molecular weight excluding hydrogens is 681 g/mol. The van der Waals surface area contributed by atoms with Crippen LogP contribution < -0.4 is 9.80 Å². The molecule has 56 heavy (non-hydrogen) atoms. The molecule has 0 aliphatic carbocycles. The van der Waals surface area contributed by atoms with Gasteiger partial charge in [-0.3, -0.25) is 0 Å². The first-order valence-electron chi connectivity index (χ1n) is 19.2. The van der Waals surface area contributed by atoms with Gasteiger partial charge in [0.25, 0.3) is 0 Å². The summed E-state index contributed by atoms with van der Waals surface area (Å²) < 4.78 is 5.08. The Morgan fingerprint density at radius 2 is 0.625 bits per heavy atom. The summed E-state index contributed by atoms with van der Waals surface area (Å²) in [4.78, 5) is 4.83. The fourth-order valence-corrected chi connectivity index (χ4v) is 9.25. The van der Waals surface area contributed by atoms with Gasteiger partial charge in [0.1, 0.15) is 0 Å². The number of rotatable bonds is 6. The largest absolute Gasteiger partial charge is 0.308 e. The molecule has 3 aromatic heterocycles. The zero-order valence-corrected chi connectivity index (χ0v) is 30.4. The number of para-hydroxylation sites is 6. The van der Waals surface area contributed by atoms with Crippen molar-refractivity contribution in [1.29, 1.82) is 0 Å². The van der Waals surface area contributed by atoms with Crippen LogP contribution in [0.15, 0.2) is 206 Å². The standard InChI is InChI=1S/C52H34N4/c1-5-17-36(18-6-1)53(37-19-7-2-8-20-37)46-33-48-49(34-47(46)54(38-21-9-3-10-22-38)39-23-11-4-12-24-39)56-45-28-16-14-26-41(45)43-32-30-35-29-31-42-40-25-13-15-27-44(40)55(48)51(42)50(35)52(43)56/h1-34H. The lowest BCUT2D eigenvalue weighted by atomic mass is 10.0. The first-order chi connectivity index (χ1) is 27.8. The van der Waals surface area contributed by atoms with Crippen molar-refractivity contribution < 1.29 is 0 Å². The number of nitrogens with zero attached hydrogens (tertiary/aromatic N) is 4. The van der Waals surface area contributed by atoms with E-state index < -0.39 is 0 Å². The lowest BCUT2D eigenvalue weighted by Gasteiger charge is -2.33. The normalized spacial score (nSPS) is 11.9. The Kier molecular flexibility index (Phi) is 6.60. The summed E-state index contributed by atoms with van der Waals surface area (Å²) in [6, 6.07) is 75.0. The van der Waals surface area contributed by atoms with Crippen LogP contribution >= 0.6 is 0 Å². The molecular formula is C52H34N4. The molecule has 4 heteroatoms. The molecule has 0 atom stereocenters. The highest BCUT2D eigenvalue weighted by Crippen LogP contribution is 2.50. The predicted octanol–water partition coefficient (Wildman–Crippen LogP) is 14.3. The first kappa shape index (κ1) is 30.9. The zero-order valence-electron chi connectivity index (χ0n) is 30.4. The number of benzene rings is 9. The van der Waals surface area contributed by atoms with Crippen molar-refractivity contribution in [3.8, 4) is 0 Å². The Hall–Kier alpha value is -7.56. The highest BCUT2D eigenvalue weighted by molar-refractivity contribution is 6.29. The average molecular weight is 715 g/mol.